The van der Waals surface area contributed by atoms with Crippen molar-refractivity contribution < 1.29 is 4.74 Å². The maximum absolute atomic E-state index is 5.64. The summed E-state index contributed by atoms with van der Waals surface area (Å²) in [4.78, 5) is 4.37. The standard InChI is InChI=1S/C12H13BrN2O/c1-9-14-11(7-15(9)2)8-16-12-5-3-4-10(13)6-12/h3-7H,8H2,1-2H3. The number of hydrogen-bond donors (Lipinski definition) is 0. The van der Waals surface area contributed by atoms with Crippen LogP contribution in [0.25, 0.3) is 0 Å². The van der Waals surface area contributed by atoms with Crippen LogP contribution >= 0.6 is 15.9 Å². The van der Waals surface area contributed by atoms with Gasteiger partial charge >= 0.3 is 0 Å². The van der Waals surface area contributed by atoms with Gasteiger partial charge in [0.2, 0.25) is 0 Å². The summed E-state index contributed by atoms with van der Waals surface area (Å²) in [5.41, 5.74) is 0.944. The van der Waals surface area contributed by atoms with Crippen LogP contribution in [0.5, 0.6) is 5.75 Å². The molecule has 0 aliphatic heterocycles. The lowest BCUT2D eigenvalue weighted by Crippen LogP contribution is -1.95. The Morgan fingerprint density at radius 2 is 2.25 bits per heavy atom. The minimum atomic E-state index is 0.498. The fraction of sp³-hybridized carbons (Fsp3) is 0.250. The van der Waals surface area contributed by atoms with E-state index < -0.39 is 0 Å². The van der Waals surface area contributed by atoms with Crippen LogP contribution in [0.15, 0.2) is 34.9 Å². The first kappa shape index (κ1) is 11.2. The highest BCUT2D eigenvalue weighted by Crippen LogP contribution is 2.18. The van der Waals surface area contributed by atoms with E-state index in [9.17, 15) is 0 Å². The molecule has 0 aliphatic carbocycles. The Bertz CT molecular complexity index is 474. The zero-order valence-corrected chi connectivity index (χ0v) is 10.9. The Labute approximate surface area is 103 Å². The molecular weight excluding hydrogens is 268 g/mol. The Hall–Kier alpha value is -1.29. The number of aromatic nitrogens is 2. The van der Waals surface area contributed by atoms with Crippen molar-refractivity contribution in [3.05, 3.63) is 46.5 Å². The molecule has 0 unspecified atom stereocenters. The summed E-state index contributed by atoms with van der Waals surface area (Å²) >= 11 is 3.40. The van der Waals surface area contributed by atoms with E-state index in [1.807, 2.05) is 49.0 Å². The first-order valence-electron chi connectivity index (χ1n) is 5.02. The van der Waals surface area contributed by atoms with Gasteiger partial charge < -0.3 is 9.30 Å². The zero-order chi connectivity index (χ0) is 11.5. The first-order chi connectivity index (χ1) is 7.65. The van der Waals surface area contributed by atoms with Gasteiger partial charge in [0.15, 0.2) is 0 Å². The predicted molar refractivity (Wildman–Crippen MR) is 66.4 cm³/mol. The number of ether oxygens (including phenoxy) is 1. The molecule has 0 aliphatic rings. The maximum Gasteiger partial charge on any atom is 0.132 e. The second-order valence-electron chi connectivity index (χ2n) is 3.64. The smallest absolute Gasteiger partial charge is 0.132 e. The number of aryl methyl sites for hydroxylation is 2. The molecule has 0 saturated heterocycles. The average Bonchev–Trinajstić information content (AvgIpc) is 2.56. The van der Waals surface area contributed by atoms with Gasteiger partial charge in [-0.3, -0.25) is 0 Å². The van der Waals surface area contributed by atoms with Crippen molar-refractivity contribution in [1.82, 2.24) is 9.55 Å². The molecular formula is C12H13BrN2O. The average molecular weight is 281 g/mol. The molecule has 0 amide bonds. The van der Waals surface area contributed by atoms with E-state index in [0.717, 1.165) is 21.7 Å². The molecule has 4 heteroatoms. The first-order valence-corrected chi connectivity index (χ1v) is 5.81. The lowest BCUT2D eigenvalue weighted by Gasteiger charge is -2.03. The molecule has 3 nitrogen and oxygen atoms in total. The summed E-state index contributed by atoms with van der Waals surface area (Å²) in [6, 6.07) is 7.79. The number of nitrogens with zero attached hydrogens (tertiary/aromatic N) is 2. The third-order valence-corrected chi connectivity index (χ3v) is 2.83. The monoisotopic (exact) mass is 280 g/mol. The Kier molecular flexibility index (Phi) is 3.29. The van der Waals surface area contributed by atoms with E-state index in [1.165, 1.54) is 0 Å². The van der Waals surface area contributed by atoms with Gasteiger partial charge in [0, 0.05) is 17.7 Å². The highest BCUT2D eigenvalue weighted by Gasteiger charge is 2.02. The van der Waals surface area contributed by atoms with Crippen LogP contribution in [0, 0.1) is 6.92 Å². The summed E-state index contributed by atoms with van der Waals surface area (Å²) in [6.07, 6.45) is 1.98. The summed E-state index contributed by atoms with van der Waals surface area (Å²) in [7, 11) is 1.98. The van der Waals surface area contributed by atoms with Crippen LogP contribution in [-0.2, 0) is 13.7 Å². The highest BCUT2D eigenvalue weighted by molar-refractivity contribution is 9.10. The molecule has 1 heterocycles. The van der Waals surface area contributed by atoms with Gasteiger partial charge in [-0.1, -0.05) is 22.0 Å². The van der Waals surface area contributed by atoms with Gasteiger partial charge in [0.25, 0.3) is 0 Å². The maximum atomic E-state index is 5.64. The molecule has 84 valence electrons. The van der Waals surface area contributed by atoms with Gasteiger partial charge in [-0.2, -0.15) is 0 Å². The third kappa shape index (κ3) is 2.64. The molecule has 0 spiro atoms. The van der Waals surface area contributed by atoms with E-state index in [2.05, 4.69) is 20.9 Å². The Morgan fingerprint density at radius 1 is 1.44 bits per heavy atom. The van der Waals surface area contributed by atoms with Crippen LogP contribution in [-0.4, -0.2) is 9.55 Å². The molecule has 0 atom stereocenters. The van der Waals surface area contributed by atoms with Gasteiger partial charge in [-0.25, -0.2) is 4.98 Å². The zero-order valence-electron chi connectivity index (χ0n) is 9.27. The van der Waals surface area contributed by atoms with E-state index in [1.54, 1.807) is 0 Å². The molecule has 1 aromatic carbocycles. The van der Waals surface area contributed by atoms with Crippen LogP contribution in [0.4, 0.5) is 0 Å². The van der Waals surface area contributed by atoms with E-state index in [-0.39, 0.29) is 0 Å². The highest BCUT2D eigenvalue weighted by atomic mass is 79.9. The molecule has 0 saturated carbocycles. The minimum absolute atomic E-state index is 0.498. The summed E-state index contributed by atoms with van der Waals surface area (Å²) in [5.74, 6) is 1.84. The SMILES string of the molecule is Cc1nc(COc2cccc(Br)c2)cn1C. The van der Waals surface area contributed by atoms with Crippen LogP contribution < -0.4 is 4.74 Å². The second kappa shape index (κ2) is 4.70. The van der Waals surface area contributed by atoms with Crippen molar-refractivity contribution in [3.63, 3.8) is 0 Å². The summed E-state index contributed by atoms with van der Waals surface area (Å²) in [5, 5.41) is 0. The fourth-order valence-electron chi connectivity index (χ4n) is 1.42. The molecule has 1 aromatic heterocycles. The quantitative estimate of drug-likeness (QED) is 0.864. The number of hydrogen-bond acceptors (Lipinski definition) is 2. The number of halogens is 1. The van der Waals surface area contributed by atoms with E-state index >= 15 is 0 Å². The number of rotatable bonds is 3. The molecule has 0 radical (unpaired) electrons. The normalized spacial score (nSPS) is 10.4. The topological polar surface area (TPSA) is 27.1 Å². The van der Waals surface area contributed by atoms with Crippen molar-refractivity contribution in [3.8, 4) is 5.75 Å². The lowest BCUT2D eigenvalue weighted by molar-refractivity contribution is 0.301. The van der Waals surface area contributed by atoms with Gasteiger partial charge in [0.1, 0.15) is 18.2 Å². The molecule has 0 N–H and O–H groups in total. The Morgan fingerprint density at radius 3 is 2.88 bits per heavy atom. The van der Waals surface area contributed by atoms with Crippen molar-refractivity contribution in [2.24, 2.45) is 7.05 Å². The largest absolute Gasteiger partial charge is 0.487 e. The van der Waals surface area contributed by atoms with Crippen LogP contribution in [0.1, 0.15) is 11.5 Å². The summed E-state index contributed by atoms with van der Waals surface area (Å²) in [6.45, 7) is 2.47. The summed E-state index contributed by atoms with van der Waals surface area (Å²) < 4.78 is 8.64. The number of imidazole rings is 1. The van der Waals surface area contributed by atoms with Crippen molar-refractivity contribution in [1.29, 1.82) is 0 Å². The van der Waals surface area contributed by atoms with Gasteiger partial charge in [-0.05, 0) is 25.1 Å². The minimum Gasteiger partial charge on any atom is -0.487 e. The van der Waals surface area contributed by atoms with Crippen LogP contribution in [0.3, 0.4) is 0 Å². The molecule has 0 bridgehead atoms. The van der Waals surface area contributed by atoms with E-state index in [0.29, 0.717) is 6.61 Å². The molecule has 2 aromatic rings. The Balaban J connectivity index is 2.02. The third-order valence-electron chi connectivity index (χ3n) is 2.34. The van der Waals surface area contributed by atoms with Gasteiger partial charge in [0.05, 0.1) is 5.69 Å². The van der Waals surface area contributed by atoms with Crippen molar-refractivity contribution >= 4 is 15.9 Å². The predicted octanol–water partition coefficient (Wildman–Crippen LogP) is 3.07. The van der Waals surface area contributed by atoms with Gasteiger partial charge in [-0.15, -0.1) is 0 Å². The fourth-order valence-corrected chi connectivity index (χ4v) is 1.79. The van der Waals surface area contributed by atoms with Crippen molar-refractivity contribution in [2.45, 2.75) is 13.5 Å². The molecule has 2 rings (SSSR count). The van der Waals surface area contributed by atoms with Crippen molar-refractivity contribution in [2.75, 3.05) is 0 Å². The molecule has 16 heavy (non-hydrogen) atoms. The molecule has 0 fully saturated rings. The second-order valence-corrected chi connectivity index (χ2v) is 4.55. The van der Waals surface area contributed by atoms with E-state index in [4.69, 9.17) is 4.74 Å². The lowest BCUT2D eigenvalue weighted by atomic mass is 10.3. The number of benzene rings is 1. The van der Waals surface area contributed by atoms with Crippen LogP contribution in [0.2, 0.25) is 0 Å².